The van der Waals surface area contributed by atoms with Crippen LogP contribution in [0.3, 0.4) is 0 Å². The average Bonchev–Trinajstić information content (AvgIpc) is 2.05. The fraction of sp³-hybridized carbons (Fsp3) is 0.417. The number of rotatable bonds is 3. The highest BCUT2D eigenvalue weighted by atomic mass is 14.0. The molecule has 0 unspecified atom stereocenters. The summed E-state index contributed by atoms with van der Waals surface area (Å²) in [6.45, 7) is 6.59. The van der Waals surface area contributed by atoms with Crippen LogP contribution < -0.4 is 0 Å². The molecule has 0 heteroatoms. The molecule has 0 heterocycles. The quantitative estimate of drug-likeness (QED) is 0.637. The van der Waals surface area contributed by atoms with Crippen molar-refractivity contribution in [2.45, 2.75) is 27.2 Å². The van der Waals surface area contributed by atoms with E-state index in [9.17, 15) is 0 Å². The second-order valence-electron chi connectivity index (χ2n) is 3.51. The van der Waals surface area contributed by atoms with Crippen molar-refractivity contribution in [2.24, 2.45) is 5.92 Å². The molecule has 0 saturated carbocycles. The minimum Gasteiger partial charge on any atom is -0.0622 e. The second-order valence-corrected chi connectivity index (χ2v) is 3.51. The van der Waals surface area contributed by atoms with Crippen LogP contribution in [0.15, 0.2) is 24.3 Å². The van der Waals surface area contributed by atoms with Crippen LogP contribution in [-0.2, 0) is 6.42 Å². The van der Waals surface area contributed by atoms with Gasteiger partial charge in [0.1, 0.15) is 0 Å². The first-order valence-electron chi connectivity index (χ1n) is 4.66. The third kappa shape index (κ3) is 2.69. The summed E-state index contributed by atoms with van der Waals surface area (Å²) in [6.07, 6.45) is 3.40. The molecular formula is C12H17. The molecule has 0 amide bonds. The van der Waals surface area contributed by atoms with Gasteiger partial charge in [-0.2, -0.15) is 0 Å². The summed E-state index contributed by atoms with van der Waals surface area (Å²) in [4.78, 5) is 0. The van der Waals surface area contributed by atoms with Crippen LogP contribution in [0.4, 0.5) is 0 Å². The molecule has 12 heavy (non-hydrogen) atoms. The van der Waals surface area contributed by atoms with Gasteiger partial charge < -0.3 is 0 Å². The highest BCUT2D eigenvalue weighted by Gasteiger charge is 1.97. The smallest absolute Gasteiger partial charge is 0.00676 e. The van der Waals surface area contributed by atoms with Crippen molar-refractivity contribution in [1.82, 2.24) is 0 Å². The van der Waals surface area contributed by atoms with Crippen LogP contribution in [-0.4, -0.2) is 0 Å². The maximum Gasteiger partial charge on any atom is -0.00676 e. The van der Waals surface area contributed by atoms with Gasteiger partial charge in [0, 0.05) is 0 Å². The van der Waals surface area contributed by atoms with Gasteiger partial charge in [0.25, 0.3) is 0 Å². The lowest BCUT2D eigenvalue weighted by molar-refractivity contribution is 0.776. The third-order valence-electron chi connectivity index (χ3n) is 1.91. The fourth-order valence-electron chi connectivity index (χ4n) is 1.25. The van der Waals surface area contributed by atoms with Crippen LogP contribution in [0, 0.1) is 12.3 Å². The first-order valence-corrected chi connectivity index (χ1v) is 4.66. The maximum atomic E-state index is 2.28. The molecule has 1 aromatic carbocycles. The molecule has 1 radical (unpaired) electrons. The van der Waals surface area contributed by atoms with Crippen molar-refractivity contribution in [2.75, 3.05) is 0 Å². The molecule has 0 aliphatic carbocycles. The highest BCUT2D eigenvalue weighted by molar-refractivity contribution is 5.27. The summed E-state index contributed by atoms with van der Waals surface area (Å²) in [5.41, 5.74) is 2.75. The molecule has 0 aromatic heterocycles. The molecule has 0 N–H and O–H groups in total. The molecule has 0 fully saturated rings. The molecule has 65 valence electrons. The molecular weight excluding hydrogens is 144 g/mol. The van der Waals surface area contributed by atoms with E-state index in [4.69, 9.17) is 0 Å². The molecule has 0 aliphatic heterocycles. The van der Waals surface area contributed by atoms with E-state index < -0.39 is 0 Å². The number of benzene rings is 1. The van der Waals surface area contributed by atoms with Crippen molar-refractivity contribution in [3.63, 3.8) is 0 Å². The Morgan fingerprint density at radius 1 is 1.17 bits per heavy atom. The van der Waals surface area contributed by atoms with E-state index in [1.54, 1.807) is 0 Å². The molecule has 0 atom stereocenters. The summed E-state index contributed by atoms with van der Waals surface area (Å²) in [6, 6.07) is 8.79. The Balaban J connectivity index is 2.65. The van der Waals surface area contributed by atoms with Crippen molar-refractivity contribution >= 4 is 0 Å². The summed E-state index contributed by atoms with van der Waals surface area (Å²) < 4.78 is 0. The van der Waals surface area contributed by atoms with E-state index in [1.165, 1.54) is 11.1 Å². The van der Waals surface area contributed by atoms with Crippen LogP contribution >= 0.6 is 0 Å². The molecule has 0 spiro atoms. The molecule has 0 saturated heterocycles. The summed E-state index contributed by atoms with van der Waals surface area (Å²) >= 11 is 0. The van der Waals surface area contributed by atoms with Gasteiger partial charge in [0.2, 0.25) is 0 Å². The lowest BCUT2D eigenvalue weighted by atomic mass is 10.0. The molecule has 0 bridgehead atoms. The van der Waals surface area contributed by atoms with E-state index in [1.807, 2.05) is 0 Å². The van der Waals surface area contributed by atoms with E-state index >= 15 is 0 Å². The second kappa shape index (κ2) is 4.30. The molecule has 0 nitrogen and oxygen atoms in total. The Morgan fingerprint density at radius 3 is 2.17 bits per heavy atom. The van der Waals surface area contributed by atoms with E-state index in [2.05, 4.69) is 51.5 Å². The Morgan fingerprint density at radius 2 is 1.75 bits per heavy atom. The van der Waals surface area contributed by atoms with Crippen molar-refractivity contribution in [3.8, 4) is 0 Å². The SMILES string of the molecule is CCc1ccc([CH]C(C)C)cc1. The van der Waals surface area contributed by atoms with Gasteiger partial charge in [-0.15, -0.1) is 0 Å². The molecule has 0 aliphatic rings. The Labute approximate surface area is 75.6 Å². The van der Waals surface area contributed by atoms with Crippen LogP contribution in [0.1, 0.15) is 31.9 Å². The first-order chi connectivity index (χ1) is 5.72. The van der Waals surface area contributed by atoms with Gasteiger partial charge in [-0.25, -0.2) is 0 Å². The zero-order valence-corrected chi connectivity index (χ0v) is 8.17. The zero-order chi connectivity index (χ0) is 8.97. The average molecular weight is 161 g/mol. The summed E-state index contributed by atoms with van der Waals surface area (Å²) in [7, 11) is 0. The molecule has 1 aromatic rings. The lowest BCUT2D eigenvalue weighted by Crippen LogP contribution is -1.90. The zero-order valence-electron chi connectivity index (χ0n) is 8.17. The monoisotopic (exact) mass is 161 g/mol. The topological polar surface area (TPSA) is 0 Å². The third-order valence-corrected chi connectivity index (χ3v) is 1.91. The lowest BCUT2D eigenvalue weighted by Gasteiger charge is -2.04. The van der Waals surface area contributed by atoms with Gasteiger partial charge in [0.05, 0.1) is 0 Å². The Kier molecular flexibility index (Phi) is 3.33. The van der Waals surface area contributed by atoms with Crippen molar-refractivity contribution < 1.29 is 0 Å². The van der Waals surface area contributed by atoms with Gasteiger partial charge in [-0.3, -0.25) is 0 Å². The minimum absolute atomic E-state index is 0.637. The van der Waals surface area contributed by atoms with Crippen LogP contribution in [0.5, 0.6) is 0 Å². The highest BCUT2D eigenvalue weighted by Crippen LogP contribution is 2.11. The van der Waals surface area contributed by atoms with Crippen molar-refractivity contribution in [1.29, 1.82) is 0 Å². The Hall–Kier alpha value is -0.780. The van der Waals surface area contributed by atoms with Gasteiger partial charge in [-0.1, -0.05) is 45.0 Å². The first kappa shape index (κ1) is 9.31. The minimum atomic E-state index is 0.637. The number of aryl methyl sites for hydroxylation is 1. The van der Waals surface area contributed by atoms with Gasteiger partial charge >= 0.3 is 0 Å². The van der Waals surface area contributed by atoms with Crippen LogP contribution in [0.25, 0.3) is 0 Å². The molecule has 1 rings (SSSR count). The van der Waals surface area contributed by atoms with Gasteiger partial charge in [0.15, 0.2) is 0 Å². The van der Waals surface area contributed by atoms with Crippen molar-refractivity contribution in [3.05, 3.63) is 41.8 Å². The van der Waals surface area contributed by atoms with E-state index in [0.29, 0.717) is 5.92 Å². The van der Waals surface area contributed by atoms with E-state index in [-0.39, 0.29) is 0 Å². The normalized spacial score (nSPS) is 10.7. The summed E-state index contributed by atoms with van der Waals surface area (Å²) in [5, 5.41) is 0. The fourth-order valence-corrected chi connectivity index (χ4v) is 1.25. The predicted molar refractivity (Wildman–Crippen MR) is 54.1 cm³/mol. The standard InChI is InChI=1S/C12H17/c1-4-11-5-7-12(8-6-11)9-10(2)3/h5-10H,4H2,1-3H3. The maximum absolute atomic E-state index is 2.28. The van der Waals surface area contributed by atoms with E-state index in [0.717, 1.165) is 6.42 Å². The van der Waals surface area contributed by atoms with Gasteiger partial charge in [-0.05, 0) is 29.9 Å². The summed E-state index contributed by atoms with van der Waals surface area (Å²) in [5.74, 6) is 0.637. The largest absolute Gasteiger partial charge is 0.0622 e. The number of hydrogen-bond acceptors (Lipinski definition) is 0. The predicted octanol–water partition coefficient (Wildman–Crippen LogP) is 3.46. The van der Waals surface area contributed by atoms with Crippen LogP contribution in [0.2, 0.25) is 0 Å². The Bertz CT molecular complexity index is 218. The number of hydrogen-bond donors (Lipinski definition) is 0.